The van der Waals surface area contributed by atoms with Crippen molar-refractivity contribution in [2.45, 2.75) is 6.04 Å². The highest BCUT2D eigenvalue weighted by Gasteiger charge is 2.63. The summed E-state index contributed by atoms with van der Waals surface area (Å²) in [5.41, 5.74) is 5.40. The number of carboxylic acids is 2. The number of amides is 1. The maximum absolute atomic E-state index is 11.8. The van der Waals surface area contributed by atoms with Crippen LogP contribution in [0.4, 0.5) is 0 Å². The zero-order valence-electron chi connectivity index (χ0n) is 10.9. The van der Waals surface area contributed by atoms with Gasteiger partial charge in [-0.2, -0.15) is 0 Å². The number of carboxylic acid groups (broad SMARTS) is 2. The van der Waals surface area contributed by atoms with E-state index in [9.17, 15) is 14.4 Å². The molecule has 5 N–H and O–H groups in total. The first-order chi connectivity index (χ1) is 8.77. The Labute approximate surface area is 110 Å². The molecule has 0 aromatic heterocycles. The van der Waals surface area contributed by atoms with Crippen LogP contribution in [0.15, 0.2) is 0 Å². The maximum atomic E-state index is 11.8. The lowest BCUT2D eigenvalue weighted by molar-refractivity contribution is -0.141. The van der Waals surface area contributed by atoms with Crippen molar-refractivity contribution >= 4 is 17.8 Å². The summed E-state index contributed by atoms with van der Waals surface area (Å²) in [6, 6.07) is -1.33. The smallest absolute Gasteiger partial charge is 0.320 e. The van der Waals surface area contributed by atoms with E-state index in [1.165, 1.54) is 0 Å². The lowest BCUT2D eigenvalue weighted by Gasteiger charge is -2.10. The monoisotopic (exact) mass is 273 g/mol. The molecular weight excluding hydrogens is 254 g/mol. The standard InChI is InChI=1S/C11H19N3O5/c1-14(2)4-3-13-9(15)6-5(7(6)10(16)17)8(12)11(18)19/h5-8H,3-4,12H2,1-2H3,(H,13,15)(H,16,17)(H,18,19)/t5-,6+,7+,8-/m0/s1. The molecule has 0 aromatic rings. The second-order valence-corrected chi connectivity index (χ2v) is 4.93. The predicted octanol–water partition coefficient (Wildman–Crippen LogP) is -1.98. The van der Waals surface area contributed by atoms with Crippen LogP contribution in [-0.2, 0) is 14.4 Å². The molecule has 108 valence electrons. The Morgan fingerprint density at radius 2 is 1.84 bits per heavy atom. The summed E-state index contributed by atoms with van der Waals surface area (Å²) in [7, 11) is 3.68. The van der Waals surface area contributed by atoms with Gasteiger partial charge in [0.05, 0.1) is 11.8 Å². The third-order valence-electron chi connectivity index (χ3n) is 3.22. The van der Waals surface area contributed by atoms with Gasteiger partial charge in [0.15, 0.2) is 0 Å². The zero-order valence-corrected chi connectivity index (χ0v) is 10.9. The van der Waals surface area contributed by atoms with E-state index in [0.717, 1.165) is 0 Å². The van der Waals surface area contributed by atoms with Gasteiger partial charge in [0.2, 0.25) is 5.91 Å². The van der Waals surface area contributed by atoms with Crippen molar-refractivity contribution in [1.82, 2.24) is 10.2 Å². The van der Waals surface area contributed by atoms with E-state index >= 15 is 0 Å². The number of nitrogens with two attached hydrogens (primary N) is 1. The number of hydrogen-bond acceptors (Lipinski definition) is 5. The van der Waals surface area contributed by atoms with Gasteiger partial charge in [0.1, 0.15) is 6.04 Å². The van der Waals surface area contributed by atoms with Crippen LogP contribution in [0.25, 0.3) is 0 Å². The van der Waals surface area contributed by atoms with Gasteiger partial charge < -0.3 is 26.2 Å². The molecule has 19 heavy (non-hydrogen) atoms. The Balaban J connectivity index is 2.58. The number of rotatable bonds is 7. The van der Waals surface area contributed by atoms with Crippen molar-refractivity contribution in [3.05, 3.63) is 0 Å². The van der Waals surface area contributed by atoms with E-state index in [4.69, 9.17) is 15.9 Å². The topological polar surface area (TPSA) is 133 Å². The molecule has 0 heterocycles. The Kier molecular flexibility index (Phi) is 4.84. The van der Waals surface area contributed by atoms with Gasteiger partial charge >= 0.3 is 11.9 Å². The van der Waals surface area contributed by atoms with E-state index in [-0.39, 0.29) is 0 Å². The van der Waals surface area contributed by atoms with Gasteiger partial charge in [0.25, 0.3) is 0 Å². The van der Waals surface area contributed by atoms with E-state index in [1.807, 2.05) is 19.0 Å². The highest BCUT2D eigenvalue weighted by atomic mass is 16.4. The number of nitrogens with zero attached hydrogens (tertiary/aromatic N) is 1. The molecule has 0 saturated heterocycles. The van der Waals surface area contributed by atoms with Crippen LogP contribution in [0, 0.1) is 17.8 Å². The minimum absolute atomic E-state index is 0.379. The summed E-state index contributed by atoms with van der Waals surface area (Å²) >= 11 is 0. The third kappa shape index (κ3) is 3.65. The molecule has 1 amide bonds. The van der Waals surface area contributed by atoms with Crippen molar-refractivity contribution in [1.29, 1.82) is 0 Å². The van der Waals surface area contributed by atoms with Crippen molar-refractivity contribution in [3.63, 3.8) is 0 Å². The molecule has 0 aliphatic heterocycles. The van der Waals surface area contributed by atoms with Crippen molar-refractivity contribution < 1.29 is 24.6 Å². The number of carbonyl (C=O) groups is 3. The normalized spacial score (nSPS) is 26.8. The highest BCUT2D eigenvalue weighted by molar-refractivity contribution is 5.92. The van der Waals surface area contributed by atoms with Crippen LogP contribution in [-0.4, -0.2) is 66.2 Å². The van der Waals surface area contributed by atoms with Gasteiger partial charge in [-0.15, -0.1) is 0 Å². The molecule has 1 aliphatic rings. The molecule has 8 nitrogen and oxygen atoms in total. The average Bonchev–Trinajstić information content (AvgIpc) is 3.02. The zero-order chi connectivity index (χ0) is 14.7. The van der Waals surface area contributed by atoms with Crippen molar-refractivity contribution in [2.75, 3.05) is 27.2 Å². The molecule has 8 heteroatoms. The molecule has 0 unspecified atom stereocenters. The lowest BCUT2D eigenvalue weighted by atomic mass is 10.1. The minimum Gasteiger partial charge on any atom is -0.481 e. The van der Waals surface area contributed by atoms with Crippen LogP contribution >= 0.6 is 0 Å². The molecule has 0 spiro atoms. The Morgan fingerprint density at radius 1 is 1.26 bits per heavy atom. The van der Waals surface area contributed by atoms with Crippen LogP contribution in [0.1, 0.15) is 0 Å². The summed E-state index contributed by atoms with van der Waals surface area (Å²) in [6.07, 6.45) is 0. The molecule has 1 saturated carbocycles. The third-order valence-corrected chi connectivity index (χ3v) is 3.22. The molecule has 4 atom stereocenters. The van der Waals surface area contributed by atoms with Gasteiger partial charge in [-0.3, -0.25) is 14.4 Å². The fourth-order valence-electron chi connectivity index (χ4n) is 2.12. The van der Waals surface area contributed by atoms with Crippen LogP contribution in [0.5, 0.6) is 0 Å². The fraction of sp³-hybridized carbons (Fsp3) is 0.727. The number of carbonyl (C=O) groups excluding carboxylic acids is 1. The van der Waals surface area contributed by atoms with E-state index in [1.54, 1.807) is 0 Å². The molecule has 1 rings (SSSR count). The molecule has 0 radical (unpaired) electrons. The lowest BCUT2D eigenvalue weighted by Crippen LogP contribution is -2.36. The Morgan fingerprint density at radius 3 is 2.26 bits per heavy atom. The SMILES string of the molecule is CN(C)CCNC(=O)[C@H]1[C@H](C(=O)O)[C@H]1[C@H](N)C(=O)O. The number of likely N-dealkylation sites (N-methyl/N-ethyl adjacent to an activating group) is 1. The number of aliphatic carboxylic acids is 2. The van der Waals surface area contributed by atoms with Gasteiger partial charge in [-0.05, 0) is 14.1 Å². The second-order valence-electron chi connectivity index (χ2n) is 4.93. The first-order valence-corrected chi connectivity index (χ1v) is 5.91. The van der Waals surface area contributed by atoms with Gasteiger partial charge in [-0.1, -0.05) is 0 Å². The summed E-state index contributed by atoms with van der Waals surface area (Å²) in [5, 5.41) is 20.3. The van der Waals surface area contributed by atoms with Crippen LogP contribution in [0.3, 0.4) is 0 Å². The first-order valence-electron chi connectivity index (χ1n) is 5.91. The quantitative estimate of drug-likeness (QED) is 0.422. The highest BCUT2D eigenvalue weighted by Crippen LogP contribution is 2.48. The number of nitrogens with one attached hydrogen (secondary N) is 1. The Hall–Kier alpha value is -1.67. The molecule has 0 aromatic carbocycles. The van der Waals surface area contributed by atoms with Gasteiger partial charge in [-0.25, -0.2) is 0 Å². The molecular formula is C11H19N3O5. The van der Waals surface area contributed by atoms with Crippen molar-refractivity contribution in [3.8, 4) is 0 Å². The van der Waals surface area contributed by atoms with E-state index in [2.05, 4.69) is 5.32 Å². The summed E-state index contributed by atoms with van der Waals surface area (Å²) in [4.78, 5) is 35.4. The van der Waals surface area contributed by atoms with E-state index in [0.29, 0.717) is 13.1 Å². The summed E-state index contributed by atoms with van der Waals surface area (Å²) < 4.78 is 0. The maximum Gasteiger partial charge on any atom is 0.320 e. The number of hydrogen-bond donors (Lipinski definition) is 4. The minimum atomic E-state index is -1.33. The molecule has 0 bridgehead atoms. The first kappa shape index (κ1) is 15.4. The second kappa shape index (κ2) is 5.98. The van der Waals surface area contributed by atoms with Crippen molar-refractivity contribution in [2.24, 2.45) is 23.5 Å². The van der Waals surface area contributed by atoms with Crippen LogP contribution < -0.4 is 11.1 Å². The summed E-state index contributed by atoms with van der Waals surface area (Å²) in [6.45, 7) is 0.996. The molecule has 1 aliphatic carbocycles. The van der Waals surface area contributed by atoms with Gasteiger partial charge in [0, 0.05) is 19.0 Å². The predicted molar refractivity (Wildman–Crippen MR) is 65.3 cm³/mol. The Bertz CT molecular complexity index is 385. The molecule has 1 fully saturated rings. The fourth-order valence-corrected chi connectivity index (χ4v) is 2.12. The summed E-state index contributed by atoms with van der Waals surface area (Å²) in [5.74, 6) is -5.63. The van der Waals surface area contributed by atoms with Crippen LogP contribution in [0.2, 0.25) is 0 Å². The largest absolute Gasteiger partial charge is 0.481 e. The average molecular weight is 273 g/mol. The van der Waals surface area contributed by atoms with E-state index < -0.39 is 41.6 Å².